The summed E-state index contributed by atoms with van der Waals surface area (Å²) < 4.78 is 0. The van der Waals surface area contributed by atoms with Crippen LogP contribution in [0.25, 0.3) is 10.6 Å². The summed E-state index contributed by atoms with van der Waals surface area (Å²) in [5, 5.41) is 7.53. The first-order valence-corrected chi connectivity index (χ1v) is 8.10. The van der Waals surface area contributed by atoms with Crippen molar-refractivity contribution in [1.29, 1.82) is 0 Å². The lowest BCUT2D eigenvalue weighted by atomic mass is 10.2. The Kier molecular flexibility index (Phi) is 8.40. The van der Waals surface area contributed by atoms with Crippen molar-refractivity contribution in [2.24, 2.45) is 4.99 Å². The van der Waals surface area contributed by atoms with E-state index in [1.165, 1.54) is 10.4 Å². The first-order valence-electron chi connectivity index (χ1n) is 7.28. The van der Waals surface area contributed by atoms with Crippen LogP contribution >= 0.6 is 35.3 Å². The maximum Gasteiger partial charge on any atom is 0.191 e. The lowest BCUT2D eigenvalue weighted by Crippen LogP contribution is -2.36. The zero-order valence-corrected chi connectivity index (χ0v) is 16.4. The first-order chi connectivity index (χ1) is 10.2. The molecule has 0 fully saturated rings. The number of hydrogen-bond acceptors (Lipinski definition) is 3. The molecule has 0 radical (unpaired) electrons. The molecule has 0 unspecified atom stereocenters. The van der Waals surface area contributed by atoms with E-state index in [0.29, 0.717) is 6.54 Å². The number of aliphatic imine (C=N–C) groups is 1. The van der Waals surface area contributed by atoms with Gasteiger partial charge in [-0.3, -0.25) is 0 Å². The van der Waals surface area contributed by atoms with Crippen molar-refractivity contribution in [1.82, 2.24) is 15.6 Å². The van der Waals surface area contributed by atoms with Gasteiger partial charge in [0.2, 0.25) is 0 Å². The van der Waals surface area contributed by atoms with Gasteiger partial charge in [0.15, 0.2) is 5.96 Å². The SMILES string of the molecule is CCNC(=NCc1sc(-c2ccccc2)nc1C)NCC.I. The molecule has 0 atom stereocenters. The number of guanidine groups is 1. The van der Waals surface area contributed by atoms with Crippen LogP contribution in [0.2, 0.25) is 0 Å². The summed E-state index contributed by atoms with van der Waals surface area (Å²) in [5.41, 5.74) is 2.23. The lowest BCUT2D eigenvalue weighted by Gasteiger charge is -2.08. The van der Waals surface area contributed by atoms with E-state index in [9.17, 15) is 0 Å². The highest BCUT2D eigenvalue weighted by atomic mass is 127. The van der Waals surface area contributed by atoms with Crippen LogP contribution < -0.4 is 10.6 Å². The summed E-state index contributed by atoms with van der Waals surface area (Å²) in [5.74, 6) is 0.856. The number of thiazole rings is 1. The van der Waals surface area contributed by atoms with Gasteiger partial charge in [0, 0.05) is 23.5 Å². The van der Waals surface area contributed by atoms with E-state index in [2.05, 4.69) is 46.6 Å². The van der Waals surface area contributed by atoms with E-state index in [1.54, 1.807) is 11.3 Å². The second kappa shape index (κ2) is 9.78. The highest BCUT2D eigenvalue weighted by Crippen LogP contribution is 2.28. The zero-order chi connectivity index (χ0) is 15.1. The van der Waals surface area contributed by atoms with E-state index in [4.69, 9.17) is 0 Å². The van der Waals surface area contributed by atoms with E-state index in [0.717, 1.165) is 29.8 Å². The molecule has 1 aromatic carbocycles. The summed E-state index contributed by atoms with van der Waals surface area (Å²) in [7, 11) is 0. The van der Waals surface area contributed by atoms with Crippen molar-refractivity contribution >= 4 is 41.3 Å². The van der Waals surface area contributed by atoms with Crippen LogP contribution in [0, 0.1) is 6.92 Å². The number of aryl methyl sites for hydroxylation is 1. The summed E-state index contributed by atoms with van der Waals surface area (Å²) in [6.45, 7) is 8.57. The topological polar surface area (TPSA) is 49.3 Å². The van der Waals surface area contributed by atoms with Crippen molar-refractivity contribution in [3.63, 3.8) is 0 Å². The normalized spacial score (nSPS) is 9.77. The molecule has 120 valence electrons. The van der Waals surface area contributed by atoms with Gasteiger partial charge in [0.1, 0.15) is 5.01 Å². The van der Waals surface area contributed by atoms with Gasteiger partial charge >= 0.3 is 0 Å². The summed E-state index contributed by atoms with van der Waals surface area (Å²) in [6, 6.07) is 10.3. The molecule has 0 spiro atoms. The Morgan fingerprint density at radius 3 is 2.36 bits per heavy atom. The quantitative estimate of drug-likeness (QED) is 0.431. The third kappa shape index (κ3) is 5.24. The van der Waals surface area contributed by atoms with Gasteiger partial charge in [0.05, 0.1) is 12.2 Å². The minimum absolute atomic E-state index is 0. The molecule has 1 heterocycles. The number of benzene rings is 1. The molecule has 0 bridgehead atoms. The van der Waals surface area contributed by atoms with Crippen LogP contribution in [0.3, 0.4) is 0 Å². The average molecular weight is 430 g/mol. The highest BCUT2D eigenvalue weighted by Gasteiger charge is 2.09. The van der Waals surface area contributed by atoms with Crippen molar-refractivity contribution < 1.29 is 0 Å². The standard InChI is InChI=1S/C16H22N4S.HI/c1-4-17-16(18-5-2)19-11-14-12(3)20-15(21-14)13-9-7-6-8-10-13;/h6-10H,4-5,11H2,1-3H3,(H2,17,18,19);1H. The monoisotopic (exact) mass is 430 g/mol. The number of aromatic nitrogens is 1. The predicted octanol–water partition coefficient (Wildman–Crippen LogP) is 3.81. The molecule has 6 heteroatoms. The van der Waals surface area contributed by atoms with Gasteiger partial charge in [-0.05, 0) is 20.8 Å². The lowest BCUT2D eigenvalue weighted by molar-refractivity contribution is 0.840. The minimum atomic E-state index is 0. The van der Waals surface area contributed by atoms with Gasteiger partial charge in [-0.25, -0.2) is 9.98 Å². The molecule has 0 amide bonds. The van der Waals surface area contributed by atoms with Crippen molar-refractivity contribution in [2.45, 2.75) is 27.3 Å². The smallest absolute Gasteiger partial charge is 0.191 e. The molecule has 4 nitrogen and oxygen atoms in total. The molecule has 0 aliphatic carbocycles. The predicted molar refractivity (Wildman–Crippen MR) is 106 cm³/mol. The van der Waals surface area contributed by atoms with Gasteiger partial charge in [-0.1, -0.05) is 30.3 Å². The van der Waals surface area contributed by atoms with E-state index < -0.39 is 0 Å². The van der Waals surface area contributed by atoms with E-state index >= 15 is 0 Å². The molecule has 1 aromatic heterocycles. The number of rotatable bonds is 5. The summed E-state index contributed by atoms with van der Waals surface area (Å²) in [6.07, 6.45) is 0. The fourth-order valence-corrected chi connectivity index (χ4v) is 2.93. The Morgan fingerprint density at radius 2 is 1.77 bits per heavy atom. The van der Waals surface area contributed by atoms with E-state index in [-0.39, 0.29) is 24.0 Å². The zero-order valence-electron chi connectivity index (χ0n) is 13.2. The Labute approximate surface area is 153 Å². The molecule has 22 heavy (non-hydrogen) atoms. The number of halogens is 1. The summed E-state index contributed by atoms with van der Waals surface area (Å²) in [4.78, 5) is 10.5. The van der Waals surface area contributed by atoms with Crippen LogP contribution in [0.15, 0.2) is 35.3 Å². The fourth-order valence-electron chi connectivity index (χ4n) is 1.94. The molecule has 0 aliphatic rings. The van der Waals surface area contributed by atoms with E-state index in [1.807, 2.05) is 25.1 Å². The van der Waals surface area contributed by atoms with Crippen LogP contribution in [0.5, 0.6) is 0 Å². The average Bonchev–Trinajstić information content (AvgIpc) is 2.87. The number of nitrogens with one attached hydrogen (secondary N) is 2. The first kappa shape index (κ1) is 18.9. The molecule has 2 rings (SSSR count). The van der Waals surface area contributed by atoms with Crippen LogP contribution in [-0.2, 0) is 6.54 Å². The fraction of sp³-hybridized carbons (Fsp3) is 0.375. The second-order valence-corrected chi connectivity index (χ2v) is 5.70. The van der Waals surface area contributed by atoms with Crippen LogP contribution in [0.4, 0.5) is 0 Å². The number of hydrogen-bond donors (Lipinski definition) is 2. The Morgan fingerprint density at radius 1 is 1.14 bits per heavy atom. The highest BCUT2D eigenvalue weighted by molar-refractivity contribution is 14.0. The second-order valence-electron chi connectivity index (χ2n) is 4.62. The largest absolute Gasteiger partial charge is 0.357 e. The molecular formula is C16H23IN4S. The third-order valence-corrected chi connectivity index (χ3v) is 4.17. The molecule has 2 aromatic rings. The third-order valence-electron chi connectivity index (χ3n) is 2.98. The minimum Gasteiger partial charge on any atom is -0.357 e. The molecule has 0 aliphatic heterocycles. The van der Waals surface area contributed by atoms with Crippen molar-refractivity contribution in [3.05, 3.63) is 40.9 Å². The summed E-state index contributed by atoms with van der Waals surface area (Å²) >= 11 is 1.72. The molecule has 2 N–H and O–H groups in total. The van der Waals surface area contributed by atoms with Gasteiger partial charge < -0.3 is 10.6 Å². The Hall–Kier alpha value is -1.15. The van der Waals surface area contributed by atoms with Crippen LogP contribution in [-0.4, -0.2) is 24.0 Å². The Balaban J connectivity index is 0.00000242. The maximum atomic E-state index is 4.66. The molecule has 0 saturated heterocycles. The Bertz CT molecular complexity index is 587. The maximum absolute atomic E-state index is 4.66. The number of nitrogens with zero attached hydrogens (tertiary/aromatic N) is 2. The van der Waals surface area contributed by atoms with Gasteiger partial charge in [-0.2, -0.15) is 0 Å². The van der Waals surface area contributed by atoms with Crippen molar-refractivity contribution in [2.75, 3.05) is 13.1 Å². The van der Waals surface area contributed by atoms with Gasteiger partial charge in [0.25, 0.3) is 0 Å². The van der Waals surface area contributed by atoms with Crippen molar-refractivity contribution in [3.8, 4) is 10.6 Å². The van der Waals surface area contributed by atoms with Crippen LogP contribution in [0.1, 0.15) is 24.4 Å². The molecular weight excluding hydrogens is 407 g/mol. The van der Waals surface area contributed by atoms with Gasteiger partial charge in [-0.15, -0.1) is 35.3 Å². The molecule has 0 saturated carbocycles.